The fraction of sp³-hybridized carbons (Fsp3) is 0.929. The van der Waals surface area contributed by atoms with Crippen LogP contribution in [0.1, 0.15) is 26.2 Å². The smallest absolute Gasteiger partial charge is 0.222 e. The van der Waals surface area contributed by atoms with Crippen LogP contribution in [0.2, 0.25) is 0 Å². The SMILES string of the molecule is CC(CC(=O)N1CCN(S(C)(=O)=O)CC1)C1CCCNC1.Cl. The molecule has 2 unspecified atom stereocenters. The highest BCUT2D eigenvalue weighted by atomic mass is 35.5. The monoisotopic (exact) mass is 353 g/mol. The van der Waals surface area contributed by atoms with Crippen LogP contribution in [0.25, 0.3) is 0 Å². The Labute approximate surface area is 140 Å². The van der Waals surface area contributed by atoms with E-state index in [2.05, 4.69) is 12.2 Å². The van der Waals surface area contributed by atoms with E-state index in [1.165, 1.54) is 23.4 Å². The third-order valence-corrected chi connectivity index (χ3v) is 6.00. The lowest BCUT2D eigenvalue weighted by molar-refractivity contribution is -0.133. The maximum atomic E-state index is 12.3. The largest absolute Gasteiger partial charge is 0.340 e. The Balaban J connectivity index is 0.00000242. The number of nitrogens with zero attached hydrogens (tertiary/aromatic N) is 2. The van der Waals surface area contributed by atoms with Gasteiger partial charge < -0.3 is 10.2 Å². The van der Waals surface area contributed by atoms with Crippen LogP contribution in [0, 0.1) is 11.8 Å². The Kier molecular flexibility index (Phi) is 7.58. The van der Waals surface area contributed by atoms with Gasteiger partial charge in [-0.3, -0.25) is 4.79 Å². The number of hydrogen-bond donors (Lipinski definition) is 1. The van der Waals surface area contributed by atoms with Crippen molar-refractivity contribution in [1.82, 2.24) is 14.5 Å². The second-order valence-corrected chi connectivity index (χ2v) is 8.31. The summed E-state index contributed by atoms with van der Waals surface area (Å²) < 4.78 is 24.4. The summed E-state index contributed by atoms with van der Waals surface area (Å²) in [6.07, 6.45) is 4.19. The van der Waals surface area contributed by atoms with Gasteiger partial charge in [0.15, 0.2) is 0 Å². The Morgan fingerprint density at radius 1 is 1.27 bits per heavy atom. The molecule has 1 amide bonds. The van der Waals surface area contributed by atoms with Crippen molar-refractivity contribution in [2.24, 2.45) is 11.8 Å². The van der Waals surface area contributed by atoms with Crippen molar-refractivity contribution < 1.29 is 13.2 Å². The molecule has 2 aliphatic heterocycles. The second-order valence-electron chi connectivity index (χ2n) is 6.33. The molecule has 130 valence electrons. The van der Waals surface area contributed by atoms with Gasteiger partial charge in [-0.25, -0.2) is 8.42 Å². The molecule has 8 heteroatoms. The summed E-state index contributed by atoms with van der Waals surface area (Å²) in [6, 6.07) is 0. The first-order valence-corrected chi connectivity index (χ1v) is 9.66. The zero-order valence-electron chi connectivity index (χ0n) is 13.5. The van der Waals surface area contributed by atoms with Crippen LogP contribution in [0.15, 0.2) is 0 Å². The second kappa shape index (κ2) is 8.47. The van der Waals surface area contributed by atoms with E-state index < -0.39 is 10.0 Å². The summed E-state index contributed by atoms with van der Waals surface area (Å²) in [4.78, 5) is 14.2. The Morgan fingerprint density at radius 3 is 2.41 bits per heavy atom. The molecular weight excluding hydrogens is 326 g/mol. The summed E-state index contributed by atoms with van der Waals surface area (Å²) in [7, 11) is -3.13. The first kappa shape index (κ1) is 19.7. The molecule has 2 rings (SSSR count). The standard InChI is InChI=1S/C14H27N3O3S.ClH/c1-12(13-4-3-5-15-11-13)10-14(18)16-6-8-17(9-7-16)21(2,19)20;/h12-13,15H,3-11H2,1-2H3;1H. The Hall–Kier alpha value is -0.370. The van der Waals surface area contributed by atoms with Crippen molar-refractivity contribution in [2.45, 2.75) is 26.2 Å². The lowest BCUT2D eigenvalue weighted by Crippen LogP contribution is -2.50. The third kappa shape index (κ3) is 5.37. The fourth-order valence-corrected chi connectivity index (χ4v) is 4.03. The van der Waals surface area contributed by atoms with E-state index in [9.17, 15) is 13.2 Å². The minimum Gasteiger partial charge on any atom is -0.340 e. The van der Waals surface area contributed by atoms with Gasteiger partial charge in [0.1, 0.15) is 0 Å². The maximum absolute atomic E-state index is 12.3. The van der Waals surface area contributed by atoms with Crippen molar-refractivity contribution in [3.05, 3.63) is 0 Å². The molecule has 0 aliphatic carbocycles. The van der Waals surface area contributed by atoms with E-state index in [-0.39, 0.29) is 18.3 Å². The van der Waals surface area contributed by atoms with E-state index in [1.807, 2.05) is 4.90 Å². The summed E-state index contributed by atoms with van der Waals surface area (Å²) >= 11 is 0. The molecule has 22 heavy (non-hydrogen) atoms. The maximum Gasteiger partial charge on any atom is 0.222 e. The first-order chi connectivity index (χ1) is 9.88. The highest BCUT2D eigenvalue weighted by molar-refractivity contribution is 7.88. The highest BCUT2D eigenvalue weighted by Gasteiger charge is 2.28. The van der Waals surface area contributed by atoms with Crippen molar-refractivity contribution in [3.63, 3.8) is 0 Å². The minimum absolute atomic E-state index is 0. The number of nitrogens with one attached hydrogen (secondary N) is 1. The van der Waals surface area contributed by atoms with Crippen LogP contribution in [0.5, 0.6) is 0 Å². The normalized spacial score (nSPS) is 25.4. The lowest BCUT2D eigenvalue weighted by atomic mass is 9.85. The first-order valence-electron chi connectivity index (χ1n) is 7.81. The van der Waals surface area contributed by atoms with Gasteiger partial charge >= 0.3 is 0 Å². The number of carbonyl (C=O) groups is 1. The molecule has 2 heterocycles. The average Bonchev–Trinajstić information content (AvgIpc) is 2.47. The predicted octanol–water partition coefficient (Wildman–Crippen LogP) is 0.538. The predicted molar refractivity (Wildman–Crippen MR) is 89.6 cm³/mol. The summed E-state index contributed by atoms with van der Waals surface area (Å²) in [6.45, 7) is 6.13. The van der Waals surface area contributed by atoms with Gasteiger partial charge in [-0.1, -0.05) is 6.92 Å². The van der Waals surface area contributed by atoms with Crippen LogP contribution in [0.4, 0.5) is 0 Å². The van der Waals surface area contributed by atoms with Gasteiger partial charge in [0, 0.05) is 32.6 Å². The summed E-state index contributed by atoms with van der Waals surface area (Å²) in [5.41, 5.74) is 0. The molecule has 2 aliphatic rings. The molecule has 2 saturated heterocycles. The zero-order valence-corrected chi connectivity index (χ0v) is 15.1. The number of carbonyl (C=O) groups excluding carboxylic acids is 1. The number of amides is 1. The molecule has 1 N–H and O–H groups in total. The van der Waals surface area contributed by atoms with Crippen molar-refractivity contribution in [3.8, 4) is 0 Å². The van der Waals surface area contributed by atoms with Crippen molar-refractivity contribution >= 4 is 28.3 Å². The van der Waals surface area contributed by atoms with E-state index in [4.69, 9.17) is 0 Å². The quantitative estimate of drug-likeness (QED) is 0.800. The summed E-state index contributed by atoms with van der Waals surface area (Å²) in [5, 5.41) is 3.39. The van der Waals surface area contributed by atoms with Crippen molar-refractivity contribution in [1.29, 1.82) is 0 Å². The Bertz CT molecular complexity index is 458. The lowest BCUT2D eigenvalue weighted by Gasteiger charge is -2.35. The van der Waals surface area contributed by atoms with E-state index in [0.29, 0.717) is 44.4 Å². The number of piperazine rings is 1. The highest BCUT2D eigenvalue weighted by Crippen LogP contribution is 2.23. The topological polar surface area (TPSA) is 69.7 Å². The van der Waals surface area contributed by atoms with Gasteiger partial charge in [0.25, 0.3) is 0 Å². The van der Waals surface area contributed by atoms with Gasteiger partial charge in [0.05, 0.1) is 6.26 Å². The number of halogens is 1. The van der Waals surface area contributed by atoms with Crippen LogP contribution >= 0.6 is 12.4 Å². The van der Waals surface area contributed by atoms with Gasteiger partial charge in [-0.15, -0.1) is 12.4 Å². The minimum atomic E-state index is -3.13. The van der Waals surface area contributed by atoms with Crippen LogP contribution in [-0.2, 0) is 14.8 Å². The van der Waals surface area contributed by atoms with Crippen LogP contribution in [-0.4, -0.2) is 69.1 Å². The van der Waals surface area contributed by atoms with Crippen LogP contribution in [0.3, 0.4) is 0 Å². The molecule has 0 bridgehead atoms. The molecule has 6 nitrogen and oxygen atoms in total. The molecule has 0 radical (unpaired) electrons. The average molecular weight is 354 g/mol. The fourth-order valence-electron chi connectivity index (χ4n) is 3.20. The molecular formula is C14H28ClN3O3S. The van der Waals surface area contributed by atoms with E-state index in [0.717, 1.165) is 13.1 Å². The van der Waals surface area contributed by atoms with Gasteiger partial charge in [-0.05, 0) is 37.8 Å². The number of sulfonamides is 1. The molecule has 0 aromatic carbocycles. The van der Waals surface area contributed by atoms with E-state index in [1.54, 1.807) is 0 Å². The zero-order chi connectivity index (χ0) is 15.5. The van der Waals surface area contributed by atoms with E-state index >= 15 is 0 Å². The van der Waals surface area contributed by atoms with Gasteiger partial charge in [0.2, 0.25) is 15.9 Å². The van der Waals surface area contributed by atoms with Crippen molar-refractivity contribution in [2.75, 3.05) is 45.5 Å². The Morgan fingerprint density at radius 2 is 1.91 bits per heavy atom. The van der Waals surface area contributed by atoms with Gasteiger partial charge in [-0.2, -0.15) is 4.31 Å². The van der Waals surface area contributed by atoms with Crippen LogP contribution < -0.4 is 5.32 Å². The number of rotatable bonds is 4. The molecule has 0 aromatic heterocycles. The molecule has 0 aromatic rings. The summed E-state index contributed by atoms with van der Waals surface area (Å²) in [5.74, 6) is 1.14. The molecule has 2 atom stereocenters. The molecule has 0 saturated carbocycles. The third-order valence-electron chi connectivity index (χ3n) is 4.70. The number of hydrogen-bond acceptors (Lipinski definition) is 4. The molecule has 0 spiro atoms. The molecule has 2 fully saturated rings. The number of piperidine rings is 1.